The molecule has 3 rings (SSSR count). The fraction of sp³-hybridized carbons (Fsp3) is 0.250. The first-order chi connectivity index (χ1) is 12.1. The number of piperazine rings is 1. The van der Waals surface area contributed by atoms with E-state index in [-0.39, 0.29) is 0 Å². The third kappa shape index (κ3) is 4.84. The van der Waals surface area contributed by atoms with E-state index in [4.69, 9.17) is 16.7 Å². The standard InChI is InChI=1S/C20H21ClN2O2/c21-18-14-16(7-9-20(24)25)6-8-19(18)23-12-10-22(11-13-23)15-17-4-2-1-3-5-17/h1-9,14H,10-13,15H2,(H,24,25)/b9-7+. The first-order valence-electron chi connectivity index (χ1n) is 8.33. The molecule has 0 radical (unpaired) electrons. The second-order valence-corrected chi connectivity index (χ2v) is 6.54. The SMILES string of the molecule is O=C(O)/C=C/c1ccc(N2CCN(Cc3ccccc3)CC2)c(Cl)c1. The lowest BCUT2D eigenvalue weighted by Gasteiger charge is -2.36. The molecule has 25 heavy (non-hydrogen) atoms. The van der Waals surface area contributed by atoms with Crippen molar-refractivity contribution in [3.63, 3.8) is 0 Å². The number of carboxylic acids is 1. The maximum absolute atomic E-state index is 10.6. The van der Waals surface area contributed by atoms with Crippen LogP contribution in [0, 0.1) is 0 Å². The molecule has 1 saturated heterocycles. The zero-order valence-electron chi connectivity index (χ0n) is 13.9. The largest absolute Gasteiger partial charge is 0.478 e. The normalized spacial score (nSPS) is 15.6. The quantitative estimate of drug-likeness (QED) is 0.828. The lowest BCUT2D eigenvalue weighted by molar-refractivity contribution is -0.131. The molecule has 5 heteroatoms. The molecule has 1 fully saturated rings. The molecule has 0 atom stereocenters. The van der Waals surface area contributed by atoms with Gasteiger partial charge in [-0.1, -0.05) is 48.0 Å². The number of carbonyl (C=O) groups is 1. The Morgan fingerprint density at radius 3 is 2.44 bits per heavy atom. The summed E-state index contributed by atoms with van der Waals surface area (Å²) in [5.74, 6) is -0.963. The molecule has 2 aromatic carbocycles. The van der Waals surface area contributed by atoms with Gasteiger partial charge < -0.3 is 10.0 Å². The van der Waals surface area contributed by atoms with Gasteiger partial charge in [-0.3, -0.25) is 4.90 Å². The average Bonchev–Trinajstić information content (AvgIpc) is 2.62. The maximum Gasteiger partial charge on any atom is 0.328 e. The Morgan fingerprint density at radius 1 is 1.08 bits per heavy atom. The smallest absolute Gasteiger partial charge is 0.328 e. The van der Waals surface area contributed by atoms with E-state index in [9.17, 15) is 4.79 Å². The van der Waals surface area contributed by atoms with E-state index in [1.165, 1.54) is 5.56 Å². The fourth-order valence-corrected chi connectivity index (χ4v) is 3.35. The molecular weight excluding hydrogens is 336 g/mol. The number of aliphatic carboxylic acids is 1. The number of hydrogen-bond donors (Lipinski definition) is 1. The molecule has 0 bridgehead atoms. The second-order valence-electron chi connectivity index (χ2n) is 6.13. The fourth-order valence-electron chi connectivity index (χ4n) is 3.04. The summed E-state index contributed by atoms with van der Waals surface area (Å²) < 4.78 is 0. The molecule has 130 valence electrons. The van der Waals surface area contributed by atoms with Crippen LogP contribution in [0.25, 0.3) is 6.08 Å². The monoisotopic (exact) mass is 356 g/mol. The van der Waals surface area contributed by atoms with Crippen molar-refractivity contribution in [3.8, 4) is 0 Å². The summed E-state index contributed by atoms with van der Waals surface area (Å²) in [6.45, 7) is 4.81. The van der Waals surface area contributed by atoms with Crippen LogP contribution in [0.3, 0.4) is 0 Å². The van der Waals surface area contributed by atoms with E-state index in [1.54, 1.807) is 6.08 Å². The molecule has 1 heterocycles. The molecule has 0 amide bonds. The van der Waals surface area contributed by atoms with Crippen LogP contribution >= 0.6 is 11.6 Å². The Morgan fingerprint density at radius 2 is 1.80 bits per heavy atom. The van der Waals surface area contributed by atoms with Crippen LogP contribution in [0.4, 0.5) is 5.69 Å². The van der Waals surface area contributed by atoms with Crippen molar-refractivity contribution in [1.29, 1.82) is 0 Å². The van der Waals surface area contributed by atoms with Gasteiger partial charge in [-0.05, 0) is 29.3 Å². The molecular formula is C20H21ClN2O2. The third-order valence-corrected chi connectivity index (χ3v) is 4.65. The Bertz CT molecular complexity index is 754. The van der Waals surface area contributed by atoms with Gasteiger partial charge in [-0.25, -0.2) is 4.79 Å². The van der Waals surface area contributed by atoms with Crippen molar-refractivity contribution in [2.45, 2.75) is 6.54 Å². The van der Waals surface area contributed by atoms with Gasteiger partial charge in [0.25, 0.3) is 0 Å². The maximum atomic E-state index is 10.6. The number of halogens is 1. The van der Waals surface area contributed by atoms with Crippen LogP contribution in [0.15, 0.2) is 54.6 Å². The average molecular weight is 357 g/mol. The molecule has 1 aliphatic rings. The number of hydrogen-bond acceptors (Lipinski definition) is 3. The minimum atomic E-state index is -0.963. The summed E-state index contributed by atoms with van der Waals surface area (Å²) in [5.41, 5.74) is 3.14. The van der Waals surface area contributed by atoms with Crippen molar-refractivity contribution in [2.24, 2.45) is 0 Å². The summed E-state index contributed by atoms with van der Waals surface area (Å²) in [4.78, 5) is 15.3. The number of rotatable bonds is 5. The van der Waals surface area contributed by atoms with Crippen molar-refractivity contribution in [2.75, 3.05) is 31.1 Å². The molecule has 2 aromatic rings. The first kappa shape index (κ1) is 17.5. The number of benzene rings is 2. The van der Waals surface area contributed by atoms with E-state index >= 15 is 0 Å². The minimum Gasteiger partial charge on any atom is -0.478 e. The summed E-state index contributed by atoms with van der Waals surface area (Å²) in [6, 6.07) is 16.2. The molecule has 0 aliphatic carbocycles. The predicted octanol–water partition coefficient (Wildman–Crippen LogP) is 3.76. The molecule has 1 aliphatic heterocycles. The van der Waals surface area contributed by atoms with Crippen LogP contribution in [-0.4, -0.2) is 42.2 Å². The molecule has 0 spiro atoms. The molecule has 1 N–H and O–H groups in total. The zero-order valence-corrected chi connectivity index (χ0v) is 14.7. The Kier molecular flexibility index (Phi) is 5.74. The van der Waals surface area contributed by atoms with Crippen molar-refractivity contribution in [3.05, 3.63) is 70.8 Å². The number of nitrogens with zero attached hydrogens (tertiary/aromatic N) is 2. The second kappa shape index (κ2) is 8.19. The van der Waals surface area contributed by atoms with Gasteiger partial charge in [-0.15, -0.1) is 0 Å². The highest BCUT2D eigenvalue weighted by atomic mass is 35.5. The summed E-state index contributed by atoms with van der Waals surface area (Å²) in [6.07, 6.45) is 2.67. The van der Waals surface area contributed by atoms with Crippen molar-refractivity contribution in [1.82, 2.24) is 4.90 Å². The van der Waals surface area contributed by atoms with Gasteiger partial charge >= 0.3 is 5.97 Å². The predicted molar refractivity (Wildman–Crippen MR) is 102 cm³/mol. The molecule has 0 unspecified atom stereocenters. The highest BCUT2D eigenvalue weighted by molar-refractivity contribution is 6.33. The molecule has 0 saturated carbocycles. The van der Waals surface area contributed by atoms with Gasteiger partial charge in [-0.2, -0.15) is 0 Å². The zero-order chi connectivity index (χ0) is 17.6. The molecule has 0 aromatic heterocycles. The van der Waals surface area contributed by atoms with Crippen LogP contribution < -0.4 is 4.90 Å². The Hall–Kier alpha value is -2.30. The topological polar surface area (TPSA) is 43.8 Å². The lowest BCUT2D eigenvalue weighted by atomic mass is 10.1. The van der Waals surface area contributed by atoms with E-state index in [0.717, 1.165) is 50.1 Å². The highest BCUT2D eigenvalue weighted by Gasteiger charge is 2.19. The van der Waals surface area contributed by atoms with Crippen molar-refractivity contribution >= 4 is 29.3 Å². The number of anilines is 1. The van der Waals surface area contributed by atoms with Gasteiger partial charge in [0.1, 0.15) is 0 Å². The Balaban J connectivity index is 1.60. The van der Waals surface area contributed by atoms with Crippen LogP contribution in [0.5, 0.6) is 0 Å². The summed E-state index contributed by atoms with van der Waals surface area (Å²) in [7, 11) is 0. The van der Waals surface area contributed by atoms with E-state index < -0.39 is 5.97 Å². The minimum absolute atomic E-state index is 0.657. The van der Waals surface area contributed by atoms with Gasteiger partial charge in [0.15, 0.2) is 0 Å². The van der Waals surface area contributed by atoms with Crippen LogP contribution in [0.2, 0.25) is 5.02 Å². The lowest BCUT2D eigenvalue weighted by Crippen LogP contribution is -2.46. The van der Waals surface area contributed by atoms with Crippen molar-refractivity contribution < 1.29 is 9.90 Å². The first-order valence-corrected chi connectivity index (χ1v) is 8.71. The Labute approximate surface area is 152 Å². The highest BCUT2D eigenvalue weighted by Crippen LogP contribution is 2.28. The van der Waals surface area contributed by atoms with Gasteiger partial charge in [0.05, 0.1) is 10.7 Å². The van der Waals surface area contributed by atoms with E-state index in [1.807, 2.05) is 24.3 Å². The van der Waals surface area contributed by atoms with Crippen LogP contribution in [0.1, 0.15) is 11.1 Å². The third-order valence-electron chi connectivity index (χ3n) is 4.35. The van der Waals surface area contributed by atoms with Gasteiger partial charge in [0.2, 0.25) is 0 Å². The van der Waals surface area contributed by atoms with Crippen LogP contribution in [-0.2, 0) is 11.3 Å². The summed E-state index contributed by atoms with van der Waals surface area (Å²) in [5, 5.41) is 9.36. The van der Waals surface area contributed by atoms with E-state index in [0.29, 0.717) is 5.02 Å². The number of carboxylic acid groups (broad SMARTS) is 1. The van der Waals surface area contributed by atoms with E-state index in [2.05, 4.69) is 34.1 Å². The molecule has 4 nitrogen and oxygen atoms in total. The summed E-state index contributed by atoms with van der Waals surface area (Å²) >= 11 is 6.41. The van der Waals surface area contributed by atoms with Gasteiger partial charge in [0, 0.05) is 38.8 Å².